The van der Waals surface area contributed by atoms with Gasteiger partial charge in [-0.15, -0.1) is 0 Å². The number of hydrogen-bond donors (Lipinski definition) is 1. The zero-order valence-corrected chi connectivity index (χ0v) is 15.3. The van der Waals surface area contributed by atoms with Gasteiger partial charge in [0.2, 0.25) is 5.91 Å². The van der Waals surface area contributed by atoms with Crippen LogP contribution in [0.5, 0.6) is 0 Å². The van der Waals surface area contributed by atoms with Crippen LogP contribution in [0.25, 0.3) is 0 Å². The highest BCUT2D eigenvalue weighted by atomic mass is 16.8. The predicted octanol–water partition coefficient (Wildman–Crippen LogP) is 1.70. The molecule has 5 atom stereocenters. The standard InChI is InChI=1S/C20H27NO5/c1-20(2)25-16-11-21-17(18(16)26-20)15(22)10-14(19(21)23)8-9-24-12-13-6-4-3-5-7-13/h3-7,14-18,22H,8-12H2,1-2H3/t14-,15-,16-,17-,18-/m1/s1. The van der Waals surface area contributed by atoms with Gasteiger partial charge >= 0.3 is 0 Å². The molecule has 26 heavy (non-hydrogen) atoms. The molecule has 4 rings (SSSR count). The molecular formula is C20H27NO5. The van der Waals surface area contributed by atoms with Crippen LogP contribution in [0.3, 0.4) is 0 Å². The number of hydrogen-bond acceptors (Lipinski definition) is 5. The van der Waals surface area contributed by atoms with Crippen LogP contribution in [0.15, 0.2) is 30.3 Å². The molecule has 6 heteroatoms. The van der Waals surface area contributed by atoms with Gasteiger partial charge in [0.1, 0.15) is 12.2 Å². The maximum atomic E-state index is 12.9. The Morgan fingerprint density at radius 3 is 2.81 bits per heavy atom. The Morgan fingerprint density at radius 2 is 2.04 bits per heavy atom. The zero-order valence-electron chi connectivity index (χ0n) is 15.3. The number of fused-ring (bicyclic) bond motifs is 3. The van der Waals surface area contributed by atoms with Gasteiger partial charge in [0.05, 0.1) is 25.3 Å². The van der Waals surface area contributed by atoms with Gasteiger partial charge in [-0.1, -0.05) is 30.3 Å². The third-order valence-corrected chi connectivity index (χ3v) is 5.57. The van der Waals surface area contributed by atoms with Gasteiger partial charge in [-0.2, -0.15) is 0 Å². The minimum absolute atomic E-state index is 0.0861. The number of amides is 1. The number of aliphatic hydroxyl groups is 1. The third-order valence-electron chi connectivity index (χ3n) is 5.57. The van der Waals surface area contributed by atoms with E-state index in [0.717, 1.165) is 5.56 Å². The van der Waals surface area contributed by atoms with Crippen LogP contribution in [0.2, 0.25) is 0 Å². The number of carbonyl (C=O) groups excluding carboxylic acids is 1. The Hall–Kier alpha value is -1.47. The minimum Gasteiger partial charge on any atom is -0.391 e. The van der Waals surface area contributed by atoms with Crippen LogP contribution in [0.1, 0.15) is 32.3 Å². The average molecular weight is 361 g/mol. The Morgan fingerprint density at radius 1 is 1.27 bits per heavy atom. The van der Waals surface area contributed by atoms with Gasteiger partial charge in [-0.25, -0.2) is 0 Å². The SMILES string of the molecule is CC1(C)O[C@H]2[C@H]3[C@H](O)C[C@@H](CCOCc4ccccc4)C(=O)N3C[C@H]2O1. The monoisotopic (exact) mass is 361 g/mol. The van der Waals surface area contributed by atoms with Crippen molar-refractivity contribution in [2.24, 2.45) is 5.92 Å². The first kappa shape index (κ1) is 17.9. The molecule has 1 aromatic carbocycles. The average Bonchev–Trinajstić information content (AvgIpc) is 3.08. The largest absolute Gasteiger partial charge is 0.391 e. The molecule has 0 radical (unpaired) electrons. The molecule has 0 saturated carbocycles. The number of nitrogens with zero attached hydrogens (tertiary/aromatic N) is 1. The molecule has 0 aliphatic carbocycles. The number of piperidine rings is 1. The molecule has 1 N–H and O–H groups in total. The molecule has 3 heterocycles. The van der Waals surface area contributed by atoms with E-state index in [0.29, 0.717) is 32.6 Å². The Kier molecular flexibility index (Phi) is 4.77. The van der Waals surface area contributed by atoms with Crippen LogP contribution in [-0.4, -0.2) is 59.2 Å². The van der Waals surface area contributed by atoms with Crippen molar-refractivity contribution in [3.05, 3.63) is 35.9 Å². The van der Waals surface area contributed by atoms with Crippen molar-refractivity contribution in [1.82, 2.24) is 4.90 Å². The number of carbonyl (C=O) groups is 1. The van der Waals surface area contributed by atoms with Gasteiger partial charge in [0.15, 0.2) is 5.79 Å². The molecular weight excluding hydrogens is 334 g/mol. The second-order valence-corrected chi connectivity index (χ2v) is 7.95. The maximum Gasteiger partial charge on any atom is 0.226 e. The second-order valence-electron chi connectivity index (χ2n) is 7.95. The summed E-state index contributed by atoms with van der Waals surface area (Å²) < 4.78 is 17.6. The molecule has 1 aromatic rings. The van der Waals surface area contributed by atoms with Gasteiger partial charge in [-0.3, -0.25) is 4.79 Å². The van der Waals surface area contributed by atoms with E-state index in [2.05, 4.69) is 0 Å². The molecule has 142 valence electrons. The molecule has 0 aromatic heterocycles. The quantitative estimate of drug-likeness (QED) is 0.809. The molecule has 0 unspecified atom stereocenters. The van der Waals surface area contributed by atoms with E-state index < -0.39 is 11.9 Å². The Balaban J connectivity index is 1.31. The summed E-state index contributed by atoms with van der Waals surface area (Å²) in [7, 11) is 0. The molecule has 1 amide bonds. The van der Waals surface area contributed by atoms with E-state index in [1.165, 1.54) is 0 Å². The van der Waals surface area contributed by atoms with Crippen molar-refractivity contribution in [1.29, 1.82) is 0 Å². The fourth-order valence-corrected chi connectivity index (χ4v) is 4.45. The van der Waals surface area contributed by atoms with Gasteiger partial charge in [0.25, 0.3) is 0 Å². The summed E-state index contributed by atoms with van der Waals surface area (Å²) in [5.74, 6) is -0.765. The number of aliphatic hydroxyl groups excluding tert-OH is 1. The fourth-order valence-electron chi connectivity index (χ4n) is 4.45. The van der Waals surface area contributed by atoms with E-state index in [9.17, 15) is 9.90 Å². The molecule has 3 aliphatic heterocycles. The first-order valence-electron chi connectivity index (χ1n) is 9.40. The summed E-state index contributed by atoms with van der Waals surface area (Å²) in [6, 6.07) is 9.68. The number of ether oxygens (including phenoxy) is 3. The molecule has 0 spiro atoms. The van der Waals surface area contributed by atoms with Gasteiger partial charge < -0.3 is 24.2 Å². The second kappa shape index (κ2) is 6.93. The summed E-state index contributed by atoms with van der Waals surface area (Å²) in [6.45, 7) is 5.29. The topological polar surface area (TPSA) is 68.2 Å². The lowest BCUT2D eigenvalue weighted by atomic mass is 9.87. The van der Waals surface area contributed by atoms with Crippen molar-refractivity contribution >= 4 is 5.91 Å². The Bertz CT molecular complexity index is 649. The highest BCUT2D eigenvalue weighted by Gasteiger charge is 2.58. The molecule has 6 nitrogen and oxygen atoms in total. The van der Waals surface area contributed by atoms with E-state index in [1.54, 1.807) is 4.90 Å². The maximum absolute atomic E-state index is 12.9. The van der Waals surface area contributed by atoms with Crippen molar-refractivity contribution in [3.8, 4) is 0 Å². The third kappa shape index (κ3) is 3.39. The predicted molar refractivity (Wildman–Crippen MR) is 94.2 cm³/mol. The minimum atomic E-state index is -0.647. The smallest absolute Gasteiger partial charge is 0.226 e. The number of benzene rings is 1. The summed E-state index contributed by atoms with van der Waals surface area (Å²) in [6.07, 6.45) is 0.108. The normalized spacial score (nSPS) is 35.4. The van der Waals surface area contributed by atoms with Crippen LogP contribution >= 0.6 is 0 Å². The van der Waals surface area contributed by atoms with Gasteiger partial charge in [0, 0.05) is 12.5 Å². The van der Waals surface area contributed by atoms with Crippen molar-refractivity contribution in [2.75, 3.05) is 13.2 Å². The van der Waals surface area contributed by atoms with Crippen molar-refractivity contribution < 1.29 is 24.1 Å². The van der Waals surface area contributed by atoms with Crippen LogP contribution in [0, 0.1) is 5.92 Å². The van der Waals surface area contributed by atoms with Crippen LogP contribution in [0.4, 0.5) is 0 Å². The lowest BCUT2D eigenvalue weighted by molar-refractivity contribution is -0.180. The molecule has 3 fully saturated rings. The van der Waals surface area contributed by atoms with E-state index in [1.807, 2.05) is 44.2 Å². The lowest BCUT2D eigenvalue weighted by Gasteiger charge is -2.40. The van der Waals surface area contributed by atoms with E-state index in [-0.39, 0.29) is 30.1 Å². The molecule has 0 bridgehead atoms. The van der Waals surface area contributed by atoms with E-state index in [4.69, 9.17) is 14.2 Å². The first-order valence-corrected chi connectivity index (χ1v) is 9.40. The molecule has 3 aliphatic rings. The fraction of sp³-hybridized carbons (Fsp3) is 0.650. The van der Waals surface area contributed by atoms with Crippen LogP contribution in [-0.2, 0) is 25.6 Å². The van der Waals surface area contributed by atoms with E-state index >= 15 is 0 Å². The summed E-state index contributed by atoms with van der Waals surface area (Å²) in [5.41, 5.74) is 1.12. The number of rotatable bonds is 5. The van der Waals surface area contributed by atoms with Crippen molar-refractivity contribution in [2.45, 2.75) is 63.4 Å². The highest BCUT2D eigenvalue weighted by molar-refractivity contribution is 5.81. The summed E-state index contributed by atoms with van der Waals surface area (Å²) in [5, 5.41) is 10.6. The highest BCUT2D eigenvalue weighted by Crippen LogP contribution is 2.42. The van der Waals surface area contributed by atoms with Crippen molar-refractivity contribution in [3.63, 3.8) is 0 Å². The summed E-state index contributed by atoms with van der Waals surface area (Å²) in [4.78, 5) is 14.6. The van der Waals surface area contributed by atoms with Crippen LogP contribution < -0.4 is 0 Å². The zero-order chi connectivity index (χ0) is 18.3. The summed E-state index contributed by atoms with van der Waals surface area (Å²) >= 11 is 0. The van der Waals surface area contributed by atoms with Gasteiger partial charge in [-0.05, 0) is 32.3 Å². The Labute approximate surface area is 154 Å². The first-order chi connectivity index (χ1) is 12.4. The lowest BCUT2D eigenvalue weighted by Crippen LogP contribution is -2.55. The molecule has 3 saturated heterocycles.